The molecule has 3 heteroatoms. The molecule has 0 saturated carbocycles. The Morgan fingerprint density at radius 3 is 2.80 bits per heavy atom. The van der Waals surface area contributed by atoms with E-state index < -0.39 is 0 Å². The molecule has 0 radical (unpaired) electrons. The summed E-state index contributed by atoms with van der Waals surface area (Å²) in [5.74, 6) is 1.45. The van der Waals surface area contributed by atoms with Crippen molar-refractivity contribution in [3.05, 3.63) is 54.5 Å². The number of imidazole rings is 1. The van der Waals surface area contributed by atoms with Gasteiger partial charge in [0.1, 0.15) is 5.82 Å². The Morgan fingerprint density at radius 1 is 1.15 bits per heavy atom. The standard InChI is InChI=1S/C17H19N3/c1-12(10-18)9-17-19-11-16(20-17)15-8-4-6-13-5-2-3-7-14(13)15/h2-8,11-12H,9-10,18H2,1H3,(H,19,20). The number of nitrogens with two attached hydrogens (primary N) is 1. The van der Waals surface area contributed by atoms with Gasteiger partial charge in [0.25, 0.3) is 0 Å². The number of benzene rings is 2. The van der Waals surface area contributed by atoms with Crippen LogP contribution in [0.5, 0.6) is 0 Å². The molecule has 0 spiro atoms. The Kier molecular flexibility index (Phi) is 3.52. The van der Waals surface area contributed by atoms with E-state index in [0.717, 1.165) is 17.9 Å². The first-order valence-electron chi connectivity index (χ1n) is 7.00. The van der Waals surface area contributed by atoms with Crippen molar-refractivity contribution in [2.24, 2.45) is 11.7 Å². The minimum atomic E-state index is 0.446. The number of fused-ring (bicyclic) bond motifs is 1. The highest BCUT2D eigenvalue weighted by Crippen LogP contribution is 2.27. The van der Waals surface area contributed by atoms with Gasteiger partial charge in [-0.2, -0.15) is 0 Å². The number of hydrogen-bond acceptors (Lipinski definition) is 2. The molecule has 0 fully saturated rings. The summed E-state index contributed by atoms with van der Waals surface area (Å²) in [6, 6.07) is 14.8. The lowest BCUT2D eigenvalue weighted by atomic mass is 10.0. The summed E-state index contributed by atoms with van der Waals surface area (Å²) in [5, 5.41) is 2.49. The molecule has 1 unspecified atom stereocenters. The van der Waals surface area contributed by atoms with Crippen molar-refractivity contribution in [3.63, 3.8) is 0 Å². The highest BCUT2D eigenvalue weighted by Gasteiger charge is 2.09. The highest BCUT2D eigenvalue weighted by atomic mass is 14.9. The van der Waals surface area contributed by atoms with Crippen LogP contribution in [-0.4, -0.2) is 16.5 Å². The monoisotopic (exact) mass is 265 g/mol. The largest absolute Gasteiger partial charge is 0.342 e. The van der Waals surface area contributed by atoms with Crippen molar-refractivity contribution in [2.45, 2.75) is 13.3 Å². The molecule has 0 aliphatic carbocycles. The maximum absolute atomic E-state index is 5.67. The van der Waals surface area contributed by atoms with Gasteiger partial charge in [-0.05, 0) is 23.2 Å². The molecule has 3 rings (SSSR count). The van der Waals surface area contributed by atoms with E-state index in [1.165, 1.54) is 16.3 Å². The van der Waals surface area contributed by atoms with Gasteiger partial charge in [0.05, 0.1) is 11.9 Å². The third-order valence-corrected chi connectivity index (χ3v) is 3.65. The predicted molar refractivity (Wildman–Crippen MR) is 83.5 cm³/mol. The molecule has 102 valence electrons. The summed E-state index contributed by atoms with van der Waals surface area (Å²) in [7, 11) is 0. The van der Waals surface area contributed by atoms with Gasteiger partial charge in [-0.3, -0.25) is 0 Å². The second-order valence-corrected chi connectivity index (χ2v) is 5.32. The maximum atomic E-state index is 5.67. The normalized spacial score (nSPS) is 12.7. The summed E-state index contributed by atoms with van der Waals surface area (Å²) < 4.78 is 0. The Labute approximate surface area is 118 Å². The van der Waals surface area contributed by atoms with Crippen LogP contribution >= 0.6 is 0 Å². The van der Waals surface area contributed by atoms with Crippen molar-refractivity contribution in [1.29, 1.82) is 0 Å². The Bertz CT molecular complexity index is 710. The predicted octanol–water partition coefficient (Wildman–Crippen LogP) is 3.37. The van der Waals surface area contributed by atoms with E-state index in [0.29, 0.717) is 12.5 Å². The SMILES string of the molecule is CC(CN)Cc1ncc(-c2cccc3ccccc23)[nH]1. The molecule has 3 nitrogen and oxygen atoms in total. The molecule has 3 aromatic rings. The Balaban J connectivity index is 1.99. The van der Waals surface area contributed by atoms with Crippen LogP contribution in [0.1, 0.15) is 12.7 Å². The van der Waals surface area contributed by atoms with Gasteiger partial charge in [0.15, 0.2) is 0 Å². The van der Waals surface area contributed by atoms with Crippen LogP contribution in [0, 0.1) is 5.92 Å². The third-order valence-electron chi connectivity index (χ3n) is 3.65. The average molecular weight is 265 g/mol. The number of aromatic nitrogens is 2. The topological polar surface area (TPSA) is 54.7 Å². The molecule has 1 atom stereocenters. The zero-order chi connectivity index (χ0) is 13.9. The molecule has 1 heterocycles. The first-order chi connectivity index (χ1) is 9.78. The van der Waals surface area contributed by atoms with Crippen molar-refractivity contribution >= 4 is 10.8 Å². The van der Waals surface area contributed by atoms with Crippen LogP contribution in [0.25, 0.3) is 22.0 Å². The number of hydrogen-bond donors (Lipinski definition) is 2. The summed E-state index contributed by atoms with van der Waals surface area (Å²) >= 11 is 0. The molecule has 1 aromatic heterocycles. The molecule has 2 aromatic carbocycles. The quantitative estimate of drug-likeness (QED) is 0.760. The van der Waals surface area contributed by atoms with E-state index in [4.69, 9.17) is 5.73 Å². The second-order valence-electron chi connectivity index (χ2n) is 5.32. The van der Waals surface area contributed by atoms with E-state index in [9.17, 15) is 0 Å². The molecule has 0 saturated heterocycles. The minimum absolute atomic E-state index is 0.446. The van der Waals surface area contributed by atoms with Crippen molar-refractivity contribution in [3.8, 4) is 11.3 Å². The second kappa shape index (κ2) is 5.47. The van der Waals surface area contributed by atoms with Crippen LogP contribution in [0.4, 0.5) is 0 Å². The number of aromatic amines is 1. The lowest BCUT2D eigenvalue weighted by Crippen LogP contribution is -2.13. The molecule has 3 N–H and O–H groups in total. The van der Waals surface area contributed by atoms with Crippen LogP contribution in [-0.2, 0) is 6.42 Å². The van der Waals surface area contributed by atoms with Gasteiger partial charge in [-0.15, -0.1) is 0 Å². The highest BCUT2D eigenvalue weighted by molar-refractivity contribution is 5.95. The fourth-order valence-electron chi connectivity index (χ4n) is 2.48. The summed E-state index contributed by atoms with van der Waals surface area (Å²) in [6.07, 6.45) is 2.81. The molecule has 0 aliphatic rings. The molecule has 0 aliphatic heterocycles. The van der Waals surface area contributed by atoms with Crippen molar-refractivity contribution in [1.82, 2.24) is 9.97 Å². The number of nitrogens with zero attached hydrogens (tertiary/aromatic N) is 1. The molecule has 0 bridgehead atoms. The van der Waals surface area contributed by atoms with Gasteiger partial charge in [-0.1, -0.05) is 49.4 Å². The molecule has 20 heavy (non-hydrogen) atoms. The summed E-state index contributed by atoms with van der Waals surface area (Å²) in [6.45, 7) is 2.82. The van der Waals surface area contributed by atoms with Crippen LogP contribution in [0.3, 0.4) is 0 Å². The first-order valence-corrected chi connectivity index (χ1v) is 7.00. The Hall–Kier alpha value is -2.13. The fourth-order valence-corrected chi connectivity index (χ4v) is 2.48. The lowest BCUT2D eigenvalue weighted by molar-refractivity contribution is 0.577. The van der Waals surface area contributed by atoms with E-state index in [1.807, 2.05) is 6.20 Å². The van der Waals surface area contributed by atoms with Crippen LogP contribution in [0.2, 0.25) is 0 Å². The molecular formula is C17H19N3. The van der Waals surface area contributed by atoms with Crippen LogP contribution < -0.4 is 5.73 Å². The lowest BCUT2D eigenvalue weighted by Gasteiger charge is -2.06. The van der Waals surface area contributed by atoms with Gasteiger partial charge in [0, 0.05) is 12.0 Å². The zero-order valence-corrected chi connectivity index (χ0v) is 11.6. The van der Waals surface area contributed by atoms with E-state index in [2.05, 4.69) is 59.4 Å². The maximum Gasteiger partial charge on any atom is 0.106 e. The fraction of sp³-hybridized carbons (Fsp3) is 0.235. The van der Waals surface area contributed by atoms with Crippen LogP contribution in [0.15, 0.2) is 48.7 Å². The average Bonchev–Trinajstić information content (AvgIpc) is 2.94. The van der Waals surface area contributed by atoms with Gasteiger partial charge in [0.2, 0.25) is 0 Å². The number of rotatable bonds is 4. The van der Waals surface area contributed by atoms with Crippen molar-refractivity contribution < 1.29 is 0 Å². The Morgan fingerprint density at radius 2 is 1.95 bits per heavy atom. The van der Waals surface area contributed by atoms with E-state index in [1.54, 1.807) is 0 Å². The van der Waals surface area contributed by atoms with Crippen molar-refractivity contribution in [2.75, 3.05) is 6.54 Å². The van der Waals surface area contributed by atoms with Gasteiger partial charge < -0.3 is 10.7 Å². The van der Waals surface area contributed by atoms with Gasteiger partial charge >= 0.3 is 0 Å². The van der Waals surface area contributed by atoms with E-state index >= 15 is 0 Å². The van der Waals surface area contributed by atoms with Gasteiger partial charge in [-0.25, -0.2) is 4.98 Å². The molecular weight excluding hydrogens is 246 g/mol. The smallest absolute Gasteiger partial charge is 0.106 e. The third kappa shape index (κ3) is 2.45. The first kappa shape index (κ1) is 12.9. The molecule has 0 amide bonds. The minimum Gasteiger partial charge on any atom is -0.342 e. The summed E-state index contributed by atoms with van der Waals surface area (Å²) in [5.41, 5.74) is 7.94. The summed E-state index contributed by atoms with van der Waals surface area (Å²) in [4.78, 5) is 7.90. The zero-order valence-electron chi connectivity index (χ0n) is 11.6. The number of H-pyrrole nitrogens is 1. The number of nitrogens with one attached hydrogen (secondary N) is 1. The van der Waals surface area contributed by atoms with E-state index in [-0.39, 0.29) is 0 Å².